The molecule has 52 heavy (non-hydrogen) atoms. The number of carbonyl (C=O) groups is 3. The highest BCUT2D eigenvalue weighted by atomic mass is 16.5. The molecule has 20 nitrogen and oxygen atoms in total. The van der Waals surface area contributed by atoms with E-state index in [1.165, 1.54) is 19.1 Å². The Labute approximate surface area is 302 Å². The first-order valence-electron chi connectivity index (χ1n) is 16.2. The first-order valence-corrected chi connectivity index (χ1v) is 16.2. The number of carbonyl (C=O) groups excluding carboxylic acids is 2. The topological polar surface area (TPSA) is 300 Å². The Morgan fingerprint density at radius 1 is 0.673 bits per heavy atom. The van der Waals surface area contributed by atoms with Crippen LogP contribution in [-0.4, -0.2) is 128 Å². The van der Waals surface area contributed by atoms with Gasteiger partial charge in [0, 0.05) is 59.9 Å². The van der Waals surface area contributed by atoms with E-state index >= 15 is 0 Å². The van der Waals surface area contributed by atoms with Crippen LogP contribution in [0.2, 0.25) is 0 Å². The fraction of sp³-hybridized carbons (Fsp3) is 0.531. The van der Waals surface area contributed by atoms with Gasteiger partial charge in [0.25, 0.3) is 5.91 Å². The molecule has 0 aliphatic heterocycles. The Kier molecular flexibility index (Phi) is 31.1. The van der Waals surface area contributed by atoms with E-state index in [0.29, 0.717) is 122 Å². The smallest absolute Gasteiger partial charge is 0.335 e. The minimum Gasteiger partial charge on any atom is -0.478 e. The average Bonchev–Trinajstić information content (AvgIpc) is 3.13. The standard InChI is InChI=1S/C17H25N5O5.C8H18N4O3.C7H7NO2/c1-14(23)21-16-4-2-15(3-5-16)17(24)19-6-8-25-10-12-27-13-11-26-9-7-20-22-18;9-1-3-13-5-7-15-8-6-14-4-2-11-12-10;8-6-3-1-5(2-4-6)7(9)10/h2-5H,6-13H2,1H3,(H,19,24)(H,21,23);1-9H2;1-4H,8H2,(H,9,10). The number of amides is 2. The van der Waals surface area contributed by atoms with E-state index in [9.17, 15) is 14.4 Å². The Hall–Kier alpha value is -5.01. The van der Waals surface area contributed by atoms with Gasteiger partial charge >= 0.3 is 5.97 Å². The van der Waals surface area contributed by atoms with Crippen molar-refractivity contribution < 1.29 is 47.9 Å². The predicted molar refractivity (Wildman–Crippen MR) is 193 cm³/mol. The molecule has 0 unspecified atom stereocenters. The third-order valence-electron chi connectivity index (χ3n) is 5.71. The minimum atomic E-state index is -0.931. The number of ether oxygens (including phenoxy) is 6. The molecule has 20 heteroatoms. The number of aromatic carboxylic acids is 1. The van der Waals surface area contributed by atoms with Crippen LogP contribution in [0, 0.1) is 0 Å². The maximum Gasteiger partial charge on any atom is 0.335 e. The first kappa shape index (κ1) is 47.0. The number of hydrogen-bond acceptors (Lipinski definition) is 13. The largest absolute Gasteiger partial charge is 0.478 e. The summed E-state index contributed by atoms with van der Waals surface area (Å²) in [6.45, 7) is 8.56. The number of anilines is 2. The summed E-state index contributed by atoms with van der Waals surface area (Å²) in [6.07, 6.45) is 0. The normalized spacial score (nSPS) is 9.88. The van der Waals surface area contributed by atoms with Gasteiger partial charge in [0.15, 0.2) is 0 Å². The van der Waals surface area contributed by atoms with Crippen molar-refractivity contribution in [3.63, 3.8) is 0 Å². The second-order valence-electron chi connectivity index (χ2n) is 9.81. The molecule has 2 aromatic rings. The molecule has 2 rings (SSSR count). The van der Waals surface area contributed by atoms with Crippen LogP contribution in [0.15, 0.2) is 58.8 Å². The molecule has 0 bridgehead atoms. The van der Waals surface area contributed by atoms with Crippen molar-refractivity contribution in [3.05, 3.63) is 80.5 Å². The van der Waals surface area contributed by atoms with Crippen LogP contribution in [0.25, 0.3) is 20.9 Å². The molecular weight excluding hydrogens is 684 g/mol. The first-order chi connectivity index (χ1) is 25.2. The van der Waals surface area contributed by atoms with Crippen molar-refractivity contribution in [2.75, 3.05) is 117 Å². The minimum absolute atomic E-state index is 0.161. The second kappa shape index (κ2) is 34.4. The number of nitrogens with zero attached hydrogens (tertiary/aromatic N) is 6. The summed E-state index contributed by atoms with van der Waals surface area (Å²) >= 11 is 0. The lowest BCUT2D eigenvalue weighted by Crippen LogP contribution is -2.27. The highest BCUT2D eigenvalue weighted by Crippen LogP contribution is 2.09. The van der Waals surface area contributed by atoms with E-state index in [1.807, 2.05) is 0 Å². The van der Waals surface area contributed by atoms with Gasteiger partial charge in [-0.25, -0.2) is 4.79 Å². The monoisotopic (exact) mass is 734 g/mol. The van der Waals surface area contributed by atoms with Gasteiger partial charge in [-0.1, -0.05) is 10.2 Å². The van der Waals surface area contributed by atoms with Crippen molar-refractivity contribution in [1.82, 2.24) is 5.32 Å². The molecule has 0 atom stereocenters. The predicted octanol–water partition coefficient (Wildman–Crippen LogP) is 3.01. The van der Waals surface area contributed by atoms with Crippen LogP contribution < -0.4 is 22.1 Å². The van der Waals surface area contributed by atoms with E-state index in [2.05, 4.69) is 30.7 Å². The van der Waals surface area contributed by atoms with Crippen LogP contribution in [0.3, 0.4) is 0 Å². The molecule has 0 aromatic heterocycles. The summed E-state index contributed by atoms with van der Waals surface area (Å²) in [4.78, 5) is 38.4. The zero-order valence-corrected chi connectivity index (χ0v) is 29.4. The van der Waals surface area contributed by atoms with Gasteiger partial charge in [-0.05, 0) is 59.6 Å². The zero-order chi connectivity index (χ0) is 38.5. The van der Waals surface area contributed by atoms with E-state index in [0.717, 1.165) is 0 Å². The van der Waals surface area contributed by atoms with Gasteiger partial charge < -0.3 is 55.6 Å². The number of benzene rings is 2. The lowest BCUT2D eigenvalue weighted by Gasteiger charge is -2.08. The molecule has 2 aromatic carbocycles. The lowest BCUT2D eigenvalue weighted by molar-refractivity contribution is -0.114. The van der Waals surface area contributed by atoms with Gasteiger partial charge in [-0.2, -0.15) is 0 Å². The molecule has 0 aliphatic rings. The molecule has 0 fully saturated rings. The SMILES string of the molecule is CC(=O)Nc1ccc(C(=O)NCCOCCOCCOCCN=[N+]=[N-])cc1.Nc1ccc(C(=O)O)cc1.[N-]=[N+]=NCCOCCOCCOCCN. The van der Waals surface area contributed by atoms with Gasteiger partial charge in [-0.3, -0.25) is 9.59 Å². The van der Waals surface area contributed by atoms with Gasteiger partial charge in [0.2, 0.25) is 5.91 Å². The molecule has 0 heterocycles. The van der Waals surface area contributed by atoms with Crippen molar-refractivity contribution in [2.24, 2.45) is 16.0 Å². The lowest BCUT2D eigenvalue weighted by atomic mass is 10.2. The van der Waals surface area contributed by atoms with E-state index in [-0.39, 0.29) is 17.4 Å². The molecule has 0 aliphatic carbocycles. The van der Waals surface area contributed by atoms with E-state index in [1.54, 1.807) is 36.4 Å². The number of nitrogen functional groups attached to an aromatic ring is 1. The second-order valence-corrected chi connectivity index (χ2v) is 9.81. The van der Waals surface area contributed by atoms with Crippen molar-refractivity contribution in [2.45, 2.75) is 6.92 Å². The summed E-state index contributed by atoms with van der Waals surface area (Å²) in [6, 6.07) is 12.7. The number of rotatable bonds is 26. The van der Waals surface area contributed by atoms with Crippen molar-refractivity contribution in [1.29, 1.82) is 0 Å². The van der Waals surface area contributed by atoms with E-state index in [4.69, 9.17) is 56.1 Å². The average molecular weight is 735 g/mol. The maximum absolute atomic E-state index is 12.0. The molecule has 2 amide bonds. The molecule has 288 valence electrons. The van der Waals surface area contributed by atoms with Crippen LogP contribution in [-0.2, 0) is 33.2 Å². The molecule has 7 N–H and O–H groups in total. The van der Waals surface area contributed by atoms with Crippen LogP contribution in [0.4, 0.5) is 11.4 Å². The third-order valence-corrected chi connectivity index (χ3v) is 5.71. The Morgan fingerprint density at radius 3 is 1.52 bits per heavy atom. The van der Waals surface area contributed by atoms with Crippen molar-refractivity contribution >= 4 is 29.2 Å². The Balaban J connectivity index is 0.000000865. The molecular formula is C32H50N10O10. The van der Waals surface area contributed by atoms with Crippen LogP contribution in [0.1, 0.15) is 27.6 Å². The molecule has 0 saturated carbocycles. The van der Waals surface area contributed by atoms with Gasteiger partial charge in [-0.15, -0.1) is 0 Å². The molecule has 0 spiro atoms. The van der Waals surface area contributed by atoms with Gasteiger partial charge in [0.1, 0.15) is 0 Å². The fourth-order valence-electron chi connectivity index (χ4n) is 3.34. The molecule has 0 radical (unpaired) electrons. The third kappa shape index (κ3) is 29.9. The Bertz CT molecular complexity index is 1320. The number of carboxylic acid groups (broad SMARTS) is 1. The quantitative estimate of drug-likeness (QED) is 0.0306. The summed E-state index contributed by atoms with van der Waals surface area (Å²) in [5.41, 5.74) is 28.6. The van der Waals surface area contributed by atoms with Gasteiger partial charge in [0.05, 0.1) is 84.8 Å². The van der Waals surface area contributed by atoms with Crippen LogP contribution >= 0.6 is 0 Å². The number of nitrogens with two attached hydrogens (primary N) is 2. The van der Waals surface area contributed by atoms with E-state index < -0.39 is 5.97 Å². The number of nitrogens with one attached hydrogen (secondary N) is 2. The summed E-state index contributed by atoms with van der Waals surface area (Å²) in [7, 11) is 0. The molecule has 0 saturated heterocycles. The number of hydrogen-bond donors (Lipinski definition) is 5. The highest BCUT2D eigenvalue weighted by molar-refractivity contribution is 5.95. The summed E-state index contributed by atoms with van der Waals surface area (Å²) in [5, 5.41) is 20.5. The fourth-order valence-corrected chi connectivity index (χ4v) is 3.34. The maximum atomic E-state index is 12.0. The zero-order valence-electron chi connectivity index (χ0n) is 29.4. The summed E-state index contributed by atoms with van der Waals surface area (Å²) < 4.78 is 31.2. The highest BCUT2D eigenvalue weighted by Gasteiger charge is 2.05. The number of azide groups is 2. The van der Waals surface area contributed by atoms with Crippen molar-refractivity contribution in [3.8, 4) is 0 Å². The summed E-state index contributed by atoms with van der Waals surface area (Å²) in [5.74, 6) is -1.30. The number of carboxylic acids is 1. The van der Waals surface area contributed by atoms with Crippen LogP contribution in [0.5, 0.6) is 0 Å². The Morgan fingerprint density at radius 2 is 1.10 bits per heavy atom.